The third-order valence-corrected chi connectivity index (χ3v) is 3.26. The number of nitro groups is 1. The number of nitrogens with one attached hydrogen (secondary N) is 1. The minimum Gasteiger partial charge on any atom is -0.480 e. The van der Waals surface area contributed by atoms with Crippen LogP contribution in [0.4, 0.5) is 10.1 Å². The maximum atomic E-state index is 13.6. The van der Waals surface area contributed by atoms with Crippen LogP contribution in [-0.4, -0.2) is 40.0 Å². The molecule has 1 rings (SSSR count). The van der Waals surface area contributed by atoms with Gasteiger partial charge >= 0.3 is 5.97 Å². The van der Waals surface area contributed by atoms with Crippen molar-refractivity contribution in [3.05, 3.63) is 39.7 Å². The van der Waals surface area contributed by atoms with Gasteiger partial charge in [0.1, 0.15) is 11.9 Å². The summed E-state index contributed by atoms with van der Waals surface area (Å²) in [4.78, 5) is 32.7. The molecule has 0 aromatic heterocycles. The van der Waals surface area contributed by atoms with E-state index in [0.717, 1.165) is 18.2 Å². The molecule has 2 N–H and O–H groups in total. The van der Waals surface area contributed by atoms with Crippen LogP contribution in [0.5, 0.6) is 0 Å². The number of halogens is 1. The van der Waals surface area contributed by atoms with Crippen molar-refractivity contribution in [3.63, 3.8) is 0 Å². The molecule has 0 unspecified atom stereocenters. The third-order valence-electron chi connectivity index (χ3n) is 2.62. The minimum atomic E-state index is -1.25. The quantitative estimate of drug-likeness (QED) is 0.585. The second-order valence-corrected chi connectivity index (χ2v) is 5.05. The van der Waals surface area contributed by atoms with Crippen LogP contribution < -0.4 is 5.32 Å². The molecule has 21 heavy (non-hydrogen) atoms. The van der Waals surface area contributed by atoms with Crippen molar-refractivity contribution in [2.45, 2.75) is 12.5 Å². The van der Waals surface area contributed by atoms with Crippen LogP contribution in [0, 0.1) is 15.9 Å². The number of hydrogen-bond donors (Lipinski definition) is 2. The predicted molar refractivity (Wildman–Crippen MR) is 74.9 cm³/mol. The van der Waals surface area contributed by atoms with Crippen LogP contribution in [0.2, 0.25) is 0 Å². The van der Waals surface area contributed by atoms with E-state index in [1.165, 1.54) is 11.8 Å². The van der Waals surface area contributed by atoms with Gasteiger partial charge in [-0.1, -0.05) is 0 Å². The fraction of sp³-hybridized carbons (Fsp3) is 0.333. The van der Waals surface area contributed by atoms with Gasteiger partial charge in [0.25, 0.3) is 11.6 Å². The number of hydrogen-bond acceptors (Lipinski definition) is 5. The lowest BCUT2D eigenvalue weighted by atomic mass is 10.1. The SMILES string of the molecule is CSCC[C@H](NC(=O)c1cc([N+](=O)[O-])ccc1F)C(=O)O. The second kappa shape index (κ2) is 7.58. The molecule has 7 nitrogen and oxygen atoms in total. The van der Waals surface area contributed by atoms with Crippen LogP contribution in [0.15, 0.2) is 18.2 Å². The first-order valence-corrected chi connectivity index (χ1v) is 7.22. The Morgan fingerprint density at radius 2 is 2.19 bits per heavy atom. The van der Waals surface area contributed by atoms with Crippen molar-refractivity contribution in [2.24, 2.45) is 0 Å². The second-order valence-electron chi connectivity index (χ2n) is 4.07. The van der Waals surface area contributed by atoms with Crippen molar-refractivity contribution in [3.8, 4) is 0 Å². The lowest BCUT2D eigenvalue weighted by molar-refractivity contribution is -0.384. The van der Waals surface area contributed by atoms with Gasteiger partial charge in [0, 0.05) is 12.1 Å². The van der Waals surface area contributed by atoms with E-state index in [1.54, 1.807) is 6.26 Å². The van der Waals surface area contributed by atoms with Gasteiger partial charge in [0.05, 0.1) is 10.5 Å². The molecule has 1 aromatic rings. The molecule has 0 bridgehead atoms. The summed E-state index contributed by atoms with van der Waals surface area (Å²) in [5.74, 6) is -2.70. The molecule has 0 heterocycles. The summed E-state index contributed by atoms with van der Waals surface area (Å²) in [6.45, 7) is 0. The Bertz CT molecular complexity index is 567. The zero-order chi connectivity index (χ0) is 16.0. The molecule has 0 radical (unpaired) electrons. The van der Waals surface area contributed by atoms with Crippen molar-refractivity contribution in [1.29, 1.82) is 0 Å². The molecule has 114 valence electrons. The number of benzene rings is 1. The molecule has 1 aromatic carbocycles. The summed E-state index contributed by atoms with van der Waals surface area (Å²) >= 11 is 1.40. The molecule has 0 aliphatic rings. The normalized spacial score (nSPS) is 11.7. The van der Waals surface area contributed by atoms with Crippen LogP contribution >= 0.6 is 11.8 Å². The number of carbonyl (C=O) groups excluding carboxylic acids is 1. The summed E-state index contributed by atoms with van der Waals surface area (Å²) in [7, 11) is 0. The van der Waals surface area contributed by atoms with Crippen molar-refractivity contribution in [1.82, 2.24) is 5.32 Å². The monoisotopic (exact) mass is 316 g/mol. The van der Waals surface area contributed by atoms with E-state index < -0.39 is 39.9 Å². The Hall–Kier alpha value is -2.16. The largest absolute Gasteiger partial charge is 0.480 e. The van der Waals surface area contributed by atoms with Gasteiger partial charge in [-0.05, 0) is 24.5 Å². The molecule has 0 saturated carbocycles. The van der Waals surface area contributed by atoms with Crippen molar-refractivity contribution >= 4 is 29.3 Å². The Morgan fingerprint density at radius 1 is 1.52 bits per heavy atom. The Labute approximate surface area is 123 Å². The number of nitro benzene ring substituents is 1. The average Bonchev–Trinajstić information content (AvgIpc) is 2.42. The number of nitrogens with zero attached hydrogens (tertiary/aromatic N) is 1. The average molecular weight is 316 g/mol. The first kappa shape index (κ1) is 16.9. The van der Waals surface area contributed by atoms with Gasteiger partial charge in [0.2, 0.25) is 0 Å². The molecule has 0 aliphatic carbocycles. The van der Waals surface area contributed by atoms with Crippen LogP contribution in [0.25, 0.3) is 0 Å². The van der Waals surface area contributed by atoms with E-state index in [0.29, 0.717) is 5.75 Å². The number of non-ortho nitro benzene ring substituents is 1. The summed E-state index contributed by atoms with van der Waals surface area (Å²) in [5.41, 5.74) is -1.00. The van der Waals surface area contributed by atoms with Gasteiger partial charge in [-0.25, -0.2) is 9.18 Å². The van der Waals surface area contributed by atoms with Gasteiger partial charge in [0.15, 0.2) is 0 Å². The molecule has 1 amide bonds. The first-order chi connectivity index (χ1) is 9.86. The summed E-state index contributed by atoms with van der Waals surface area (Å²) in [6.07, 6.45) is 1.94. The van der Waals surface area contributed by atoms with Gasteiger partial charge in [-0.2, -0.15) is 11.8 Å². The highest BCUT2D eigenvalue weighted by molar-refractivity contribution is 7.98. The fourth-order valence-corrected chi connectivity index (χ4v) is 2.00. The number of carboxylic acid groups (broad SMARTS) is 1. The molecule has 0 fully saturated rings. The fourth-order valence-electron chi connectivity index (χ4n) is 1.53. The van der Waals surface area contributed by atoms with E-state index in [4.69, 9.17) is 5.11 Å². The maximum absolute atomic E-state index is 13.6. The summed E-state index contributed by atoms with van der Waals surface area (Å²) in [5, 5.41) is 21.8. The van der Waals surface area contributed by atoms with E-state index >= 15 is 0 Å². The molecule has 0 spiro atoms. The molecule has 1 atom stereocenters. The van der Waals surface area contributed by atoms with Crippen LogP contribution in [0.3, 0.4) is 0 Å². The Kier molecular flexibility index (Phi) is 6.10. The topological polar surface area (TPSA) is 110 Å². The number of aliphatic carboxylic acids is 1. The summed E-state index contributed by atoms with van der Waals surface area (Å²) in [6, 6.07) is 1.32. The highest BCUT2D eigenvalue weighted by Crippen LogP contribution is 2.17. The van der Waals surface area contributed by atoms with Gasteiger partial charge in [-0.15, -0.1) is 0 Å². The number of carbonyl (C=O) groups is 2. The lowest BCUT2D eigenvalue weighted by Crippen LogP contribution is -2.41. The van der Waals surface area contributed by atoms with E-state index in [9.17, 15) is 24.1 Å². The number of carboxylic acids is 1. The lowest BCUT2D eigenvalue weighted by Gasteiger charge is -2.14. The Morgan fingerprint density at radius 3 is 2.71 bits per heavy atom. The zero-order valence-corrected chi connectivity index (χ0v) is 11.9. The molecule has 0 saturated heterocycles. The highest BCUT2D eigenvalue weighted by Gasteiger charge is 2.23. The highest BCUT2D eigenvalue weighted by atomic mass is 32.2. The van der Waals surface area contributed by atoms with Crippen LogP contribution in [0.1, 0.15) is 16.8 Å². The van der Waals surface area contributed by atoms with Crippen LogP contribution in [-0.2, 0) is 4.79 Å². The molecular formula is C12H13FN2O5S. The van der Waals surface area contributed by atoms with E-state index in [-0.39, 0.29) is 6.42 Å². The maximum Gasteiger partial charge on any atom is 0.326 e. The molecule has 0 aliphatic heterocycles. The standard InChI is InChI=1S/C12H13FN2O5S/c1-21-5-4-10(12(17)18)14-11(16)8-6-7(15(19)20)2-3-9(8)13/h2-3,6,10H,4-5H2,1H3,(H,14,16)(H,17,18)/t10-/m0/s1. The van der Waals surface area contributed by atoms with Gasteiger partial charge < -0.3 is 10.4 Å². The number of thioether (sulfide) groups is 1. The number of amides is 1. The minimum absolute atomic E-state index is 0.165. The Balaban J connectivity index is 2.94. The summed E-state index contributed by atoms with van der Waals surface area (Å²) < 4.78 is 13.6. The molecule has 9 heteroatoms. The van der Waals surface area contributed by atoms with Gasteiger partial charge in [-0.3, -0.25) is 14.9 Å². The van der Waals surface area contributed by atoms with E-state index in [2.05, 4.69) is 5.32 Å². The smallest absolute Gasteiger partial charge is 0.326 e. The first-order valence-electron chi connectivity index (χ1n) is 5.83. The van der Waals surface area contributed by atoms with Crippen molar-refractivity contribution in [2.75, 3.05) is 12.0 Å². The van der Waals surface area contributed by atoms with Crippen molar-refractivity contribution < 1.29 is 24.0 Å². The predicted octanol–water partition coefficient (Wildman–Crippen LogP) is 1.67. The molecular weight excluding hydrogens is 303 g/mol. The zero-order valence-electron chi connectivity index (χ0n) is 11.0. The number of rotatable bonds is 7. The third kappa shape index (κ3) is 4.71. The van der Waals surface area contributed by atoms with E-state index in [1.807, 2.05) is 0 Å².